The van der Waals surface area contributed by atoms with Crippen LogP contribution in [0.15, 0.2) is 41.4 Å². The fourth-order valence-electron chi connectivity index (χ4n) is 4.33. The summed E-state index contributed by atoms with van der Waals surface area (Å²) >= 11 is 0. The highest BCUT2D eigenvalue weighted by Gasteiger charge is 2.42. The molecule has 166 valence electrons. The van der Waals surface area contributed by atoms with Crippen LogP contribution in [0.25, 0.3) is 0 Å². The van der Waals surface area contributed by atoms with Crippen LogP contribution in [0.5, 0.6) is 0 Å². The van der Waals surface area contributed by atoms with Gasteiger partial charge < -0.3 is 10.2 Å². The van der Waals surface area contributed by atoms with Crippen molar-refractivity contribution < 1.29 is 4.79 Å². The Balaban J connectivity index is 2.18. The molecule has 1 aliphatic rings. The summed E-state index contributed by atoms with van der Waals surface area (Å²) in [6.07, 6.45) is 0. The molecule has 0 unspecified atom stereocenters. The lowest BCUT2D eigenvalue weighted by atomic mass is 9.90. The first-order valence-electron chi connectivity index (χ1n) is 11.4. The maximum absolute atomic E-state index is 13.3. The van der Waals surface area contributed by atoms with E-state index in [-0.39, 0.29) is 5.91 Å². The predicted octanol–water partition coefficient (Wildman–Crippen LogP) is 7.06. The molecule has 1 aliphatic heterocycles. The Labute approximate surface area is 187 Å². The number of carbonyl (C=O) groups is 1. The van der Waals surface area contributed by atoms with Gasteiger partial charge >= 0.3 is 0 Å². The van der Waals surface area contributed by atoms with Crippen molar-refractivity contribution >= 4 is 23.0 Å². The first-order valence-corrected chi connectivity index (χ1v) is 11.4. The molecule has 0 fully saturated rings. The molecule has 1 amide bonds. The lowest BCUT2D eigenvalue weighted by molar-refractivity contribution is 0.0701. The Bertz CT molecular complexity index is 993. The Morgan fingerprint density at radius 3 is 1.90 bits per heavy atom. The third-order valence-corrected chi connectivity index (χ3v) is 6.62. The van der Waals surface area contributed by atoms with Crippen molar-refractivity contribution in [1.82, 2.24) is 4.90 Å². The molecule has 1 heterocycles. The molecular formula is C27H37N3O. The molecule has 31 heavy (non-hydrogen) atoms. The number of hydrogen-bond acceptors (Lipinski definition) is 3. The molecule has 0 saturated heterocycles. The Hall–Kier alpha value is -2.62. The minimum Gasteiger partial charge on any atom is -0.357 e. The standard InChI is InChI=1S/C27H37N3O/c1-16(2)20-12-10-13-21(17(3)4)24(20)28-19(7)27(8)29-25-22(18(5)6)14-11-15-23(25)26(31)30(27)9/h10-18,29H,1-9H3/t27-/m0/s1. The van der Waals surface area contributed by atoms with E-state index in [1.807, 2.05) is 26.1 Å². The van der Waals surface area contributed by atoms with Gasteiger partial charge in [0.25, 0.3) is 5.91 Å². The average molecular weight is 420 g/mol. The van der Waals surface area contributed by atoms with Crippen molar-refractivity contribution in [2.45, 2.75) is 78.8 Å². The fraction of sp³-hybridized carbons (Fsp3) is 0.481. The number of carbonyl (C=O) groups excluding carboxylic acids is 1. The van der Waals surface area contributed by atoms with E-state index in [1.54, 1.807) is 4.90 Å². The highest BCUT2D eigenvalue weighted by molar-refractivity contribution is 6.09. The normalized spacial score (nSPS) is 19.3. The lowest BCUT2D eigenvalue weighted by Gasteiger charge is -2.45. The lowest BCUT2D eigenvalue weighted by Crippen LogP contribution is -2.60. The van der Waals surface area contributed by atoms with E-state index < -0.39 is 5.66 Å². The molecule has 2 aromatic rings. The van der Waals surface area contributed by atoms with Crippen LogP contribution in [0.1, 0.15) is 100 Å². The molecule has 4 nitrogen and oxygen atoms in total. The van der Waals surface area contributed by atoms with Gasteiger partial charge in [-0.3, -0.25) is 9.79 Å². The van der Waals surface area contributed by atoms with Crippen LogP contribution in [-0.2, 0) is 0 Å². The quantitative estimate of drug-likeness (QED) is 0.527. The number of aliphatic imine (C=N–C) groups is 1. The van der Waals surface area contributed by atoms with E-state index >= 15 is 0 Å². The minimum atomic E-state index is -0.715. The van der Waals surface area contributed by atoms with Gasteiger partial charge in [0.15, 0.2) is 0 Å². The SMILES string of the molecule is CC(=Nc1c(C(C)C)cccc1C(C)C)[C@@]1(C)Nc2c(cccc2C(C)C)C(=O)N1C. The number of amides is 1. The van der Waals surface area contributed by atoms with E-state index in [0.29, 0.717) is 17.8 Å². The molecule has 4 heteroatoms. The summed E-state index contributed by atoms with van der Waals surface area (Å²) in [5.41, 5.74) is 6.49. The van der Waals surface area contributed by atoms with Crippen LogP contribution < -0.4 is 5.32 Å². The smallest absolute Gasteiger partial charge is 0.257 e. The summed E-state index contributed by atoms with van der Waals surface area (Å²) in [5, 5.41) is 3.70. The van der Waals surface area contributed by atoms with Crippen LogP contribution in [-0.4, -0.2) is 29.2 Å². The van der Waals surface area contributed by atoms with Gasteiger partial charge in [-0.1, -0.05) is 71.9 Å². The predicted molar refractivity (Wildman–Crippen MR) is 132 cm³/mol. The van der Waals surface area contributed by atoms with Crippen LogP contribution >= 0.6 is 0 Å². The van der Waals surface area contributed by atoms with E-state index in [1.165, 1.54) is 11.1 Å². The Morgan fingerprint density at radius 2 is 1.39 bits per heavy atom. The Kier molecular flexibility index (Phi) is 6.31. The first kappa shape index (κ1) is 23.1. The molecule has 0 saturated carbocycles. The van der Waals surface area contributed by atoms with Gasteiger partial charge in [0.2, 0.25) is 0 Å². The zero-order chi connectivity index (χ0) is 23.1. The molecule has 0 bridgehead atoms. The minimum absolute atomic E-state index is 0.0227. The third kappa shape index (κ3) is 4.00. The molecule has 3 rings (SSSR count). The highest BCUT2D eigenvalue weighted by Crippen LogP contribution is 2.39. The summed E-state index contributed by atoms with van der Waals surface area (Å²) < 4.78 is 0. The number of benzene rings is 2. The zero-order valence-corrected chi connectivity index (χ0v) is 20.5. The number of fused-ring (bicyclic) bond motifs is 1. The molecular weight excluding hydrogens is 382 g/mol. The maximum atomic E-state index is 13.3. The van der Waals surface area contributed by atoms with E-state index in [0.717, 1.165) is 28.2 Å². The second-order valence-electron chi connectivity index (χ2n) is 9.78. The summed E-state index contributed by atoms with van der Waals surface area (Å²) in [6.45, 7) is 17.2. The molecule has 0 radical (unpaired) electrons. The van der Waals surface area contributed by atoms with Crippen molar-refractivity contribution in [3.05, 3.63) is 58.7 Å². The second kappa shape index (κ2) is 8.49. The van der Waals surface area contributed by atoms with E-state index in [2.05, 4.69) is 78.0 Å². The van der Waals surface area contributed by atoms with Gasteiger partial charge in [0.1, 0.15) is 5.66 Å². The number of anilines is 1. The van der Waals surface area contributed by atoms with Crippen molar-refractivity contribution in [1.29, 1.82) is 0 Å². The van der Waals surface area contributed by atoms with Crippen LogP contribution in [0.3, 0.4) is 0 Å². The largest absolute Gasteiger partial charge is 0.357 e. The van der Waals surface area contributed by atoms with Crippen LogP contribution in [0, 0.1) is 0 Å². The van der Waals surface area contributed by atoms with Crippen molar-refractivity contribution in [2.75, 3.05) is 12.4 Å². The monoisotopic (exact) mass is 419 g/mol. The Morgan fingerprint density at radius 1 is 0.903 bits per heavy atom. The van der Waals surface area contributed by atoms with Gasteiger partial charge in [-0.2, -0.15) is 0 Å². The van der Waals surface area contributed by atoms with Crippen molar-refractivity contribution in [2.24, 2.45) is 4.99 Å². The molecule has 0 spiro atoms. The molecule has 0 aromatic heterocycles. The van der Waals surface area contributed by atoms with Gasteiger partial charge in [-0.15, -0.1) is 0 Å². The number of rotatable bonds is 5. The second-order valence-corrected chi connectivity index (χ2v) is 9.78. The highest BCUT2D eigenvalue weighted by atomic mass is 16.2. The summed E-state index contributed by atoms with van der Waals surface area (Å²) in [6, 6.07) is 12.4. The van der Waals surface area contributed by atoms with E-state index in [4.69, 9.17) is 4.99 Å². The average Bonchev–Trinajstić information content (AvgIpc) is 2.71. The molecule has 1 atom stereocenters. The molecule has 0 aliphatic carbocycles. The zero-order valence-electron chi connectivity index (χ0n) is 20.5. The van der Waals surface area contributed by atoms with Gasteiger partial charge in [-0.25, -0.2) is 0 Å². The third-order valence-electron chi connectivity index (χ3n) is 6.62. The van der Waals surface area contributed by atoms with Crippen LogP contribution in [0.2, 0.25) is 0 Å². The fourth-order valence-corrected chi connectivity index (χ4v) is 4.33. The first-order chi connectivity index (χ1) is 14.5. The van der Waals surface area contributed by atoms with Crippen LogP contribution in [0.4, 0.5) is 11.4 Å². The summed E-state index contributed by atoms with van der Waals surface area (Å²) in [4.78, 5) is 20.3. The molecule has 1 N–H and O–H groups in total. The summed E-state index contributed by atoms with van der Waals surface area (Å²) in [7, 11) is 1.86. The summed E-state index contributed by atoms with van der Waals surface area (Å²) in [5.74, 6) is 1.07. The topological polar surface area (TPSA) is 44.7 Å². The number of hydrogen-bond donors (Lipinski definition) is 1. The molecule has 2 aromatic carbocycles. The van der Waals surface area contributed by atoms with Crippen molar-refractivity contribution in [3.63, 3.8) is 0 Å². The van der Waals surface area contributed by atoms with Crippen molar-refractivity contribution in [3.8, 4) is 0 Å². The maximum Gasteiger partial charge on any atom is 0.257 e. The van der Waals surface area contributed by atoms with Gasteiger partial charge in [0, 0.05) is 7.05 Å². The van der Waals surface area contributed by atoms with E-state index in [9.17, 15) is 4.79 Å². The number of nitrogens with one attached hydrogen (secondary N) is 1. The number of para-hydroxylation sites is 2. The van der Waals surface area contributed by atoms with Gasteiger partial charge in [-0.05, 0) is 54.4 Å². The number of nitrogens with zero attached hydrogens (tertiary/aromatic N) is 2. The van der Waals surface area contributed by atoms with Gasteiger partial charge in [0.05, 0.1) is 22.6 Å².